The summed E-state index contributed by atoms with van der Waals surface area (Å²) >= 11 is 9.11. The van der Waals surface area contributed by atoms with Gasteiger partial charge in [0.15, 0.2) is 0 Å². The molecule has 0 saturated carbocycles. The van der Waals surface area contributed by atoms with Gasteiger partial charge >= 0.3 is 0 Å². The van der Waals surface area contributed by atoms with Gasteiger partial charge in [0, 0.05) is 11.9 Å². The maximum Gasteiger partial charge on any atom is 0.224 e. The Balaban J connectivity index is 2.23. The zero-order valence-corrected chi connectivity index (χ0v) is 11.1. The van der Waals surface area contributed by atoms with E-state index in [1.807, 2.05) is 42.5 Å². The SMILES string of the molecule is Clc1ncc(Br)c(NC2=C/C=C\C=C/C=C\2)n1. The molecule has 2 rings (SSSR count). The van der Waals surface area contributed by atoms with E-state index in [0.717, 1.165) is 10.2 Å². The van der Waals surface area contributed by atoms with Crippen molar-refractivity contribution in [1.82, 2.24) is 9.97 Å². The summed E-state index contributed by atoms with van der Waals surface area (Å²) in [5.41, 5.74) is 0.918. The molecule has 1 aromatic rings. The quantitative estimate of drug-likeness (QED) is 0.843. The Morgan fingerprint density at radius 2 is 1.88 bits per heavy atom. The van der Waals surface area contributed by atoms with E-state index >= 15 is 0 Å². The van der Waals surface area contributed by atoms with Crippen molar-refractivity contribution in [3.63, 3.8) is 0 Å². The van der Waals surface area contributed by atoms with Gasteiger partial charge in [-0.15, -0.1) is 0 Å². The molecule has 1 aliphatic rings. The number of nitrogens with zero attached hydrogens (tertiary/aromatic N) is 2. The first kappa shape index (κ1) is 12.1. The number of aromatic nitrogens is 2. The summed E-state index contributed by atoms with van der Waals surface area (Å²) in [5.74, 6) is 0.638. The lowest BCUT2D eigenvalue weighted by atomic mass is 10.2. The molecular formula is C12H9BrClN3. The van der Waals surface area contributed by atoms with E-state index < -0.39 is 0 Å². The summed E-state index contributed by atoms with van der Waals surface area (Å²) in [4.78, 5) is 7.97. The third kappa shape index (κ3) is 3.54. The Labute approximate surface area is 113 Å². The lowest BCUT2D eigenvalue weighted by Crippen LogP contribution is -2.01. The Kier molecular flexibility index (Phi) is 4.12. The highest BCUT2D eigenvalue weighted by Gasteiger charge is 2.04. The highest BCUT2D eigenvalue weighted by Crippen LogP contribution is 2.22. The zero-order chi connectivity index (χ0) is 12.1. The summed E-state index contributed by atoms with van der Waals surface area (Å²) in [7, 11) is 0. The number of hydrogen-bond donors (Lipinski definition) is 1. The van der Waals surface area contributed by atoms with Crippen LogP contribution in [0.1, 0.15) is 0 Å². The van der Waals surface area contributed by atoms with Crippen LogP contribution >= 0.6 is 27.5 Å². The number of hydrogen-bond acceptors (Lipinski definition) is 3. The average molecular weight is 311 g/mol. The second-order valence-corrected chi connectivity index (χ2v) is 4.40. The van der Waals surface area contributed by atoms with E-state index in [1.54, 1.807) is 6.20 Å². The van der Waals surface area contributed by atoms with Gasteiger partial charge in [0.25, 0.3) is 0 Å². The number of halogens is 2. The van der Waals surface area contributed by atoms with Gasteiger partial charge in [-0.3, -0.25) is 0 Å². The first-order valence-electron chi connectivity index (χ1n) is 4.92. The van der Waals surface area contributed by atoms with E-state index in [2.05, 4.69) is 31.2 Å². The van der Waals surface area contributed by atoms with Gasteiger partial charge in [0.1, 0.15) is 5.82 Å². The number of rotatable bonds is 2. The monoisotopic (exact) mass is 309 g/mol. The fraction of sp³-hybridized carbons (Fsp3) is 0. The number of allylic oxidation sites excluding steroid dienone is 7. The average Bonchev–Trinajstić information content (AvgIpc) is 2.27. The molecule has 1 aromatic heterocycles. The third-order valence-electron chi connectivity index (χ3n) is 1.97. The second kappa shape index (κ2) is 5.80. The molecule has 1 aliphatic carbocycles. The van der Waals surface area contributed by atoms with E-state index in [1.165, 1.54) is 0 Å². The van der Waals surface area contributed by atoms with Gasteiger partial charge < -0.3 is 5.32 Å². The predicted octanol–water partition coefficient (Wildman–Crippen LogP) is 3.87. The van der Waals surface area contributed by atoms with Crippen molar-refractivity contribution in [2.75, 3.05) is 5.32 Å². The summed E-state index contributed by atoms with van der Waals surface area (Å²) in [5, 5.41) is 3.37. The van der Waals surface area contributed by atoms with E-state index in [4.69, 9.17) is 11.6 Å². The molecule has 1 heterocycles. The van der Waals surface area contributed by atoms with Crippen LogP contribution in [0, 0.1) is 0 Å². The minimum Gasteiger partial charge on any atom is -0.339 e. The largest absolute Gasteiger partial charge is 0.339 e. The number of anilines is 1. The van der Waals surface area contributed by atoms with Crippen LogP contribution in [0.3, 0.4) is 0 Å². The van der Waals surface area contributed by atoms with Crippen molar-refractivity contribution in [2.24, 2.45) is 0 Å². The maximum absolute atomic E-state index is 5.75. The molecule has 0 radical (unpaired) electrons. The zero-order valence-electron chi connectivity index (χ0n) is 8.77. The lowest BCUT2D eigenvalue weighted by Gasteiger charge is -2.08. The van der Waals surface area contributed by atoms with Crippen molar-refractivity contribution >= 4 is 33.3 Å². The van der Waals surface area contributed by atoms with E-state index in [-0.39, 0.29) is 5.28 Å². The molecule has 86 valence electrons. The normalized spacial score (nSPS) is 22.8. The fourth-order valence-corrected chi connectivity index (χ4v) is 1.64. The molecule has 0 bridgehead atoms. The standard InChI is InChI=1S/C12H9BrClN3/c13-10-8-15-12(14)17-11(10)16-9-6-4-2-1-3-5-7-9/h1-8H,(H,15,16,17)/b2-1-,3-1?,4-2?,5-3-,6-4-,7-5?,9-6?,9-7+. The van der Waals surface area contributed by atoms with Crippen LogP contribution in [0.2, 0.25) is 5.28 Å². The molecule has 0 atom stereocenters. The van der Waals surface area contributed by atoms with Crippen LogP contribution in [0.25, 0.3) is 0 Å². The molecular weight excluding hydrogens is 302 g/mol. The van der Waals surface area contributed by atoms with Gasteiger partial charge in [-0.1, -0.05) is 30.4 Å². The molecule has 0 aromatic carbocycles. The summed E-state index contributed by atoms with van der Waals surface area (Å²) in [6, 6.07) is 0. The molecule has 0 aliphatic heterocycles. The molecule has 0 amide bonds. The first-order chi connectivity index (χ1) is 8.25. The Hall–Kier alpha value is -1.39. The lowest BCUT2D eigenvalue weighted by molar-refractivity contribution is 1.14. The summed E-state index contributed by atoms with van der Waals surface area (Å²) < 4.78 is 0.762. The number of nitrogens with one attached hydrogen (secondary N) is 1. The topological polar surface area (TPSA) is 37.8 Å². The molecule has 0 fully saturated rings. The van der Waals surface area contributed by atoms with Crippen LogP contribution in [-0.4, -0.2) is 9.97 Å². The molecule has 0 spiro atoms. The fourth-order valence-electron chi connectivity index (χ4n) is 1.22. The van der Waals surface area contributed by atoms with Crippen LogP contribution in [0.4, 0.5) is 5.82 Å². The summed E-state index contributed by atoms with van der Waals surface area (Å²) in [6.45, 7) is 0. The van der Waals surface area contributed by atoms with Crippen molar-refractivity contribution < 1.29 is 0 Å². The maximum atomic E-state index is 5.75. The van der Waals surface area contributed by atoms with Crippen LogP contribution in [0.5, 0.6) is 0 Å². The van der Waals surface area contributed by atoms with Gasteiger partial charge in [-0.2, -0.15) is 4.98 Å². The Morgan fingerprint density at radius 1 is 1.12 bits per heavy atom. The van der Waals surface area contributed by atoms with Gasteiger partial charge in [0.05, 0.1) is 4.47 Å². The van der Waals surface area contributed by atoms with Gasteiger partial charge in [0.2, 0.25) is 5.28 Å². The predicted molar refractivity (Wildman–Crippen MR) is 73.9 cm³/mol. The van der Waals surface area contributed by atoms with Crippen molar-refractivity contribution in [1.29, 1.82) is 0 Å². The van der Waals surface area contributed by atoms with Crippen LogP contribution in [-0.2, 0) is 0 Å². The molecule has 0 saturated heterocycles. The van der Waals surface area contributed by atoms with Crippen molar-refractivity contribution in [3.8, 4) is 0 Å². The van der Waals surface area contributed by atoms with Crippen LogP contribution in [0.15, 0.2) is 58.9 Å². The highest BCUT2D eigenvalue weighted by atomic mass is 79.9. The molecule has 1 N–H and O–H groups in total. The third-order valence-corrected chi connectivity index (χ3v) is 2.74. The van der Waals surface area contributed by atoms with E-state index in [9.17, 15) is 0 Å². The van der Waals surface area contributed by atoms with Gasteiger partial charge in [-0.05, 0) is 39.7 Å². The molecule has 0 unspecified atom stereocenters. The smallest absolute Gasteiger partial charge is 0.224 e. The Morgan fingerprint density at radius 3 is 2.76 bits per heavy atom. The van der Waals surface area contributed by atoms with Gasteiger partial charge in [-0.25, -0.2) is 4.98 Å². The second-order valence-electron chi connectivity index (χ2n) is 3.21. The first-order valence-corrected chi connectivity index (χ1v) is 6.09. The van der Waals surface area contributed by atoms with Crippen molar-refractivity contribution in [3.05, 3.63) is 64.2 Å². The molecule has 3 nitrogen and oxygen atoms in total. The Bertz CT molecular complexity index is 533. The van der Waals surface area contributed by atoms with Crippen molar-refractivity contribution in [2.45, 2.75) is 0 Å². The highest BCUT2D eigenvalue weighted by molar-refractivity contribution is 9.10. The van der Waals surface area contributed by atoms with Crippen LogP contribution < -0.4 is 5.32 Å². The minimum absolute atomic E-state index is 0.210. The van der Waals surface area contributed by atoms with E-state index in [0.29, 0.717) is 5.82 Å². The molecule has 5 heteroatoms. The molecule has 17 heavy (non-hydrogen) atoms. The summed E-state index contributed by atoms with van der Waals surface area (Å²) in [6.07, 6.45) is 15.3. The minimum atomic E-state index is 0.210.